The van der Waals surface area contributed by atoms with Gasteiger partial charge in [-0.1, -0.05) is 35.9 Å². The number of aliphatic hydroxyl groups excluding tert-OH is 1. The van der Waals surface area contributed by atoms with Crippen LogP contribution in [0.5, 0.6) is 5.75 Å². The molecule has 0 aliphatic carbocycles. The van der Waals surface area contributed by atoms with Gasteiger partial charge in [-0.05, 0) is 53.9 Å². The van der Waals surface area contributed by atoms with Crippen LogP contribution in [0.3, 0.4) is 0 Å². The molecular formula is C31H19ClF2N6O14S4. The van der Waals surface area contributed by atoms with Crippen LogP contribution in [0, 0.1) is 12.0 Å². The number of benzene rings is 5. The molecule has 5 aromatic carbocycles. The van der Waals surface area contributed by atoms with Crippen molar-refractivity contribution in [2.45, 2.75) is 19.6 Å². The van der Waals surface area contributed by atoms with Gasteiger partial charge in [0.2, 0.25) is 11.8 Å². The summed E-state index contributed by atoms with van der Waals surface area (Å²) in [6, 6.07) is 11.4. The first-order chi connectivity index (χ1) is 26.8. The first kappa shape index (κ1) is 41.8. The lowest BCUT2D eigenvalue weighted by atomic mass is 10.1. The molecule has 20 nitrogen and oxygen atoms in total. The quantitative estimate of drug-likeness (QED) is 0.0201. The predicted octanol–water partition coefficient (Wildman–Crippen LogP) is 6.20. The molecule has 0 aliphatic rings. The second-order valence-electron chi connectivity index (χ2n) is 11.6. The molecule has 7 N–H and O–H groups in total. The molecule has 0 saturated heterocycles. The number of nitrogens with zero attached hydrogens (tertiary/aromatic N) is 5. The third kappa shape index (κ3) is 8.40. The van der Waals surface area contributed by atoms with Crippen molar-refractivity contribution in [3.63, 3.8) is 0 Å². The summed E-state index contributed by atoms with van der Waals surface area (Å²) in [5.41, 5.74) is -2.90. The maximum atomic E-state index is 13.9. The summed E-state index contributed by atoms with van der Waals surface area (Å²) in [5.74, 6) is -4.15. The van der Waals surface area contributed by atoms with E-state index in [1.165, 1.54) is 18.2 Å². The number of rotatable bonds is 10. The molecule has 0 aliphatic heterocycles. The van der Waals surface area contributed by atoms with Gasteiger partial charge in [0, 0.05) is 22.0 Å². The fourth-order valence-corrected chi connectivity index (χ4v) is 8.33. The number of halogens is 3. The molecule has 0 unspecified atom stereocenters. The van der Waals surface area contributed by atoms with Crippen molar-refractivity contribution in [2.75, 3.05) is 5.32 Å². The number of phenols is 1. The van der Waals surface area contributed by atoms with Gasteiger partial charge in [0.1, 0.15) is 31.1 Å². The molecular weight excluding hydrogens is 882 g/mol. The van der Waals surface area contributed by atoms with Crippen molar-refractivity contribution < 1.29 is 70.9 Å². The molecule has 6 rings (SSSR count). The van der Waals surface area contributed by atoms with Crippen molar-refractivity contribution in [1.82, 2.24) is 9.97 Å². The molecule has 27 heteroatoms. The molecule has 0 saturated carbocycles. The number of aliphatic hydroxyl groups is 1. The Morgan fingerprint density at radius 3 is 2.02 bits per heavy atom. The smallest absolute Gasteiger partial charge is 0.313 e. The second-order valence-corrected chi connectivity index (χ2v) is 17.5. The molecule has 0 bridgehead atoms. The maximum absolute atomic E-state index is 13.9. The van der Waals surface area contributed by atoms with E-state index in [-0.39, 0.29) is 11.3 Å². The fraction of sp³-hybridized carbons (Fsp3) is 0. The number of azo groups is 1. The van der Waals surface area contributed by atoms with Gasteiger partial charge in [0.05, 0.1) is 16.0 Å². The lowest BCUT2D eigenvalue weighted by Gasteiger charge is -2.13. The number of anilines is 2. The predicted molar refractivity (Wildman–Crippen MR) is 199 cm³/mol. The van der Waals surface area contributed by atoms with E-state index in [4.69, 9.17) is 11.6 Å². The molecule has 302 valence electrons. The number of aromatic hydroxyl groups is 1. The molecule has 1 heterocycles. The summed E-state index contributed by atoms with van der Waals surface area (Å²) in [5, 5.41) is 29.4. The minimum Gasteiger partial charge on any atom is -0.505 e. The highest BCUT2D eigenvalue weighted by atomic mass is 35.5. The van der Waals surface area contributed by atoms with Crippen LogP contribution in [-0.2, 0) is 40.5 Å². The van der Waals surface area contributed by atoms with Gasteiger partial charge in [-0.15, -0.1) is 10.2 Å². The van der Waals surface area contributed by atoms with Crippen LogP contribution in [0.25, 0.3) is 21.5 Å². The highest BCUT2D eigenvalue weighted by molar-refractivity contribution is 7.87. The van der Waals surface area contributed by atoms with Crippen LogP contribution in [0.15, 0.2) is 108 Å². The normalized spacial score (nSPS) is 13.1. The third-order valence-electron chi connectivity index (χ3n) is 7.82. The molecule has 58 heavy (non-hydrogen) atoms. The summed E-state index contributed by atoms with van der Waals surface area (Å²) >= 11 is 5.80. The Labute approximate surface area is 328 Å². The lowest BCUT2D eigenvalue weighted by molar-refractivity contribution is 0.472. The van der Waals surface area contributed by atoms with Gasteiger partial charge in [-0.3, -0.25) is 18.2 Å². The standard InChI is InChI=1S/C31H19ClF2N6O14S4/c32-24-28(33)37-31(34)38-29(24)35-15-4-1-3-13(9-15)30(42)36-20-12-16(55(43,44)45)10-14-11-22(57(49,50)51)25(26(41)23(14)20)40-39-19-8-7-17-18(27(19)58(52,53)54)5-2-6-21(17)56(46,47)48/h1-12,41H,(H,36,42)(H,35,37,38)(H,43,44,45)(H,46,47,48)(H,49,50,51)(H,52,53,54). The molecule has 1 aromatic heterocycles. The van der Waals surface area contributed by atoms with Crippen LogP contribution < -0.4 is 5.32 Å². The maximum Gasteiger partial charge on any atom is 0.313 e. The van der Waals surface area contributed by atoms with E-state index < -0.39 is 133 Å². The average molecular weight is 901 g/mol. The van der Waals surface area contributed by atoms with E-state index in [1.54, 1.807) is 0 Å². The fourth-order valence-electron chi connectivity index (χ4n) is 5.47. The minimum atomic E-state index is -5.46. The van der Waals surface area contributed by atoms with E-state index in [0.29, 0.717) is 18.2 Å². The van der Waals surface area contributed by atoms with Gasteiger partial charge in [0.15, 0.2) is 11.6 Å². The number of phenolic OH excluding ortho intramolecular Hbond substituents is 1. The summed E-state index contributed by atoms with van der Waals surface area (Å²) in [6.45, 7) is 0. The van der Waals surface area contributed by atoms with Crippen molar-refractivity contribution >= 4 is 108 Å². The van der Waals surface area contributed by atoms with E-state index >= 15 is 0 Å². The topological polar surface area (TPSA) is 333 Å². The third-order valence-corrected chi connectivity index (χ3v) is 11.7. The number of hydrogen-bond acceptors (Lipinski definition) is 15. The Hall–Kier alpha value is -5.84. The molecule has 0 radical (unpaired) electrons. The van der Waals surface area contributed by atoms with Crippen molar-refractivity contribution in [1.29, 1.82) is 0 Å². The zero-order valence-corrected chi connectivity index (χ0v) is 31.9. The molecule has 0 amide bonds. The second kappa shape index (κ2) is 14.8. The number of aromatic nitrogens is 2. The van der Waals surface area contributed by atoms with Gasteiger partial charge in [-0.25, -0.2) is 4.99 Å². The summed E-state index contributed by atoms with van der Waals surface area (Å²) in [6.07, 6.45) is -1.48. The van der Waals surface area contributed by atoms with E-state index in [1.807, 2.05) is 0 Å². The summed E-state index contributed by atoms with van der Waals surface area (Å²) in [7, 11) is -20.9. The largest absolute Gasteiger partial charge is 0.505 e. The van der Waals surface area contributed by atoms with Gasteiger partial charge >= 0.3 is 6.08 Å². The van der Waals surface area contributed by atoms with Gasteiger partial charge < -0.3 is 15.5 Å². The van der Waals surface area contributed by atoms with Crippen LogP contribution in [0.2, 0.25) is 5.02 Å². The SMILES string of the molecule is O=S(=O)(O)c1cc(N=C(O)c2cccc(Nc3nc(F)nc(F)c3Cl)c2)c2c(O)c(N=Nc3ccc4c(S(=O)(=O)O)cccc4c3S(=O)(=O)O)c(S(=O)(=O)O)cc2c1. The van der Waals surface area contributed by atoms with E-state index in [0.717, 1.165) is 36.4 Å². The van der Waals surface area contributed by atoms with Crippen molar-refractivity contribution in [3.8, 4) is 5.75 Å². The van der Waals surface area contributed by atoms with Gasteiger partial charge in [-0.2, -0.15) is 52.4 Å². The number of hydrogen-bond donors (Lipinski definition) is 7. The molecule has 0 spiro atoms. The highest BCUT2D eigenvalue weighted by Gasteiger charge is 2.28. The Balaban J connectivity index is 1.57. The van der Waals surface area contributed by atoms with E-state index in [9.17, 15) is 70.9 Å². The van der Waals surface area contributed by atoms with E-state index in [2.05, 4.69) is 30.5 Å². The first-order valence-corrected chi connectivity index (χ1v) is 21.2. The van der Waals surface area contributed by atoms with Crippen LogP contribution in [0.4, 0.5) is 37.3 Å². The summed E-state index contributed by atoms with van der Waals surface area (Å²) < 4.78 is 166. The number of fused-ring (bicyclic) bond motifs is 2. The van der Waals surface area contributed by atoms with Crippen LogP contribution >= 0.6 is 11.6 Å². The monoisotopic (exact) mass is 900 g/mol. The average Bonchev–Trinajstić information content (AvgIpc) is 3.10. The zero-order chi connectivity index (χ0) is 42.7. The molecule has 0 atom stereocenters. The number of aliphatic imine (C=N–C) groups is 1. The van der Waals surface area contributed by atoms with Gasteiger partial charge in [0.25, 0.3) is 40.5 Å². The Kier molecular flexibility index (Phi) is 10.7. The Bertz CT molecular complexity index is 3280. The summed E-state index contributed by atoms with van der Waals surface area (Å²) in [4.78, 5) is 5.96. The van der Waals surface area contributed by atoms with Crippen molar-refractivity contribution in [3.05, 3.63) is 95.4 Å². The molecule has 0 fully saturated rings. The molecule has 6 aromatic rings. The minimum absolute atomic E-state index is 0.00861. The zero-order valence-electron chi connectivity index (χ0n) is 27.9. The first-order valence-electron chi connectivity index (χ1n) is 15.1. The van der Waals surface area contributed by atoms with Crippen LogP contribution in [0.1, 0.15) is 5.56 Å². The number of nitrogens with one attached hydrogen (secondary N) is 1. The Morgan fingerprint density at radius 2 is 1.38 bits per heavy atom. The van der Waals surface area contributed by atoms with Crippen LogP contribution in [-0.4, -0.2) is 78.0 Å². The highest BCUT2D eigenvalue weighted by Crippen LogP contribution is 2.47. The van der Waals surface area contributed by atoms with Crippen molar-refractivity contribution in [2.24, 2.45) is 15.2 Å². The lowest BCUT2D eigenvalue weighted by Crippen LogP contribution is -2.04. The Morgan fingerprint density at radius 1 is 0.707 bits per heavy atom.